The van der Waals surface area contributed by atoms with Gasteiger partial charge in [0, 0.05) is 31.8 Å². The highest BCUT2D eigenvalue weighted by molar-refractivity contribution is 5.97. The summed E-state index contributed by atoms with van der Waals surface area (Å²) in [5.74, 6) is 0.707. The molecule has 4 rings (SSSR count). The van der Waals surface area contributed by atoms with Crippen LogP contribution in [0.2, 0.25) is 0 Å². The molecule has 1 aliphatic carbocycles. The third-order valence-electron chi connectivity index (χ3n) is 5.65. The quantitative estimate of drug-likeness (QED) is 0.826. The maximum absolute atomic E-state index is 13.2. The molecule has 1 unspecified atom stereocenters. The van der Waals surface area contributed by atoms with Gasteiger partial charge in [0.25, 0.3) is 5.91 Å². The number of fused-ring (bicyclic) bond motifs is 1. The summed E-state index contributed by atoms with van der Waals surface area (Å²) in [4.78, 5) is 19.6. The highest BCUT2D eigenvalue weighted by Crippen LogP contribution is 2.28. The van der Waals surface area contributed by atoms with Crippen molar-refractivity contribution in [2.75, 3.05) is 26.3 Å². The lowest BCUT2D eigenvalue weighted by molar-refractivity contribution is 0.0448. The van der Waals surface area contributed by atoms with Crippen LogP contribution in [0, 0.1) is 5.92 Å². The fourth-order valence-electron chi connectivity index (χ4n) is 3.93. The third-order valence-corrected chi connectivity index (χ3v) is 5.65. The lowest BCUT2D eigenvalue weighted by atomic mass is 9.85. The first-order chi connectivity index (χ1) is 12.7. The van der Waals surface area contributed by atoms with E-state index in [4.69, 9.17) is 9.84 Å². The minimum Gasteiger partial charge on any atom is -0.395 e. The van der Waals surface area contributed by atoms with Gasteiger partial charge in [0.15, 0.2) is 0 Å². The average molecular weight is 357 g/mol. The van der Waals surface area contributed by atoms with E-state index in [2.05, 4.69) is 4.98 Å². The largest absolute Gasteiger partial charge is 0.395 e. The SMILES string of the molecule is O=C(c1ccc2c(c1)ncn2CCO)N(CC1CCC1)CC1CCCO1. The predicted octanol–water partition coefficient (Wildman–Crippen LogP) is 2.45. The van der Waals surface area contributed by atoms with Crippen molar-refractivity contribution in [3.8, 4) is 0 Å². The number of imidazole rings is 1. The number of hydrogen-bond donors (Lipinski definition) is 1. The van der Waals surface area contributed by atoms with Crippen LogP contribution in [-0.4, -0.2) is 57.9 Å². The topological polar surface area (TPSA) is 67.6 Å². The number of amides is 1. The number of benzene rings is 1. The zero-order valence-corrected chi connectivity index (χ0v) is 15.1. The number of aliphatic hydroxyl groups is 1. The Morgan fingerprint density at radius 2 is 2.15 bits per heavy atom. The lowest BCUT2D eigenvalue weighted by Crippen LogP contribution is -2.41. The third kappa shape index (κ3) is 3.62. The highest BCUT2D eigenvalue weighted by Gasteiger charge is 2.28. The van der Waals surface area contributed by atoms with Gasteiger partial charge in [-0.25, -0.2) is 4.98 Å². The second kappa shape index (κ2) is 7.76. The Morgan fingerprint density at radius 1 is 1.27 bits per heavy atom. The Balaban J connectivity index is 1.54. The maximum atomic E-state index is 13.2. The summed E-state index contributed by atoms with van der Waals surface area (Å²) in [6.45, 7) is 2.91. The summed E-state index contributed by atoms with van der Waals surface area (Å²) in [7, 11) is 0. The number of carbonyl (C=O) groups excluding carboxylic acids is 1. The van der Waals surface area contributed by atoms with Crippen LogP contribution in [0.4, 0.5) is 0 Å². The van der Waals surface area contributed by atoms with Crippen LogP contribution in [0.25, 0.3) is 11.0 Å². The second-order valence-electron chi connectivity index (χ2n) is 7.51. The fourth-order valence-corrected chi connectivity index (χ4v) is 3.93. The van der Waals surface area contributed by atoms with Crippen molar-refractivity contribution in [3.05, 3.63) is 30.1 Å². The molecule has 6 heteroatoms. The van der Waals surface area contributed by atoms with E-state index in [-0.39, 0.29) is 18.6 Å². The molecule has 0 spiro atoms. The molecule has 2 fully saturated rings. The standard InChI is InChI=1S/C20H27N3O3/c24-9-8-22-14-21-18-11-16(6-7-19(18)22)20(25)23(12-15-3-1-4-15)13-17-5-2-10-26-17/h6-7,11,14-15,17,24H,1-5,8-10,12-13H2. The van der Waals surface area contributed by atoms with E-state index in [9.17, 15) is 4.79 Å². The summed E-state index contributed by atoms with van der Waals surface area (Å²) in [6, 6.07) is 5.68. The van der Waals surface area contributed by atoms with E-state index in [1.165, 1.54) is 19.3 Å². The number of ether oxygens (including phenoxy) is 1. The molecule has 1 saturated heterocycles. The Kier molecular flexibility index (Phi) is 5.22. The van der Waals surface area contributed by atoms with Crippen molar-refractivity contribution in [1.82, 2.24) is 14.5 Å². The highest BCUT2D eigenvalue weighted by atomic mass is 16.5. The molecule has 0 radical (unpaired) electrons. The summed E-state index contributed by atoms with van der Waals surface area (Å²) >= 11 is 0. The molecular formula is C20H27N3O3. The van der Waals surface area contributed by atoms with Gasteiger partial charge >= 0.3 is 0 Å². The molecule has 26 heavy (non-hydrogen) atoms. The van der Waals surface area contributed by atoms with Crippen molar-refractivity contribution >= 4 is 16.9 Å². The maximum Gasteiger partial charge on any atom is 0.254 e. The summed E-state index contributed by atoms with van der Waals surface area (Å²) in [5, 5.41) is 9.14. The molecular weight excluding hydrogens is 330 g/mol. The van der Waals surface area contributed by atoms with Gasteiger partial charge in [-0.1, -0.05) is 6.42 Å². The average Bonchev–Trinajstić information content (AvgIpc) is 3.26. The molecule has 1 saturated carbocycles. The van der Waals surface area contributed by atoms with Crippen LogP contribution in [0.3, 0.4) is 0 Å². The zero-order chi connectivity index (χ0) is 17.9. The molecule has 2 aromatic rings. The molecule has 1 aliphatic heterocycles. The predicted molar refractivity (Wildman–Crippen MR) is 99.0 cm³/mol. The molecule has 0 bridgehead atoms. The Morgan fingerprint density at radius 3 is 2.85 bits per heavy atom. The van der Waals surface area contributed by atoms with E-state index in [1.54, 1.807) is 6.33 Å². The molecule has 2 heterocycles. The molecule has 140 valence electrons. The molecule has 2 aliphatic rings. The number of aromatic nitrogens is 2. The van der Waals surface area contributed by atoms with Crippen LogP contribution in [-0.2, 0) is 11.3 Å². The monoisotopic (exact) mass is 357 g/mol. The van der Waals surface area contributed by atoms with Gasteiger partial charge in [-0.3, -0.25) is 4.79 Å². The molecule has 1 atom stereocenters. The summed E-state index contributed by atoms with van der Waals surface area (Å²) in [5.41, 5.74) is 2.43. The first kappa shape index (κ1) is 17.5. The van der Waals surface area contributed by atoms with Gasteiger partial charge in [0.05, 0.1) is 30.1 Å². The molecule has 1 N–H and O–H groups in total. The normalized spacial score (nSPS) is 20.4. The van der Waals surface area contributed by atoms with Gasteiger partial charge in [-0.05, 0) is 49.8 Å². The number of aliphatic hydroxyl groups excluding tert-OH is 1. The van der Waals surface area contributed by atoms with Crippen LogP contribution >= 0.6 is 0 Å². The Hall–Kier alpha value is -1.92. The molecule has 6 nitrogen and oxygen atoms in total. The van der Waals surface area contributed by atoms with Crippen molar-refractivity contribution in [2.24, 2.45) is 5.92 Å². The number of carbonyl (C=O) groups is 1. The Bertz CT molecular complexity index is 763. The molecule has 1 amide bonds. The van der Waals surface area contributed by atoms with Gasteiger partial charge < -0.3 is 19.3 Å². The van der Waals surface area contributed by atoms with Crippen LogP contribution in [0.5, 0.6) is 0 Å². The van der Waals surface area contributed by atoms with E-state index >= 15 is 0 Å². The number of rotatable bonds is 7. The number of hydrogen-bond acceptors (Lipinski definition) is 4. The van der Waals surface area contributed by atoms with Crippen LogP contribution in [0.1, 0.15) is 42.5 Å². The van der Waals surface area contributed by atoms with Gasteiger partial charge in [-0.2, -0.15) is 0 Å². The van der Waals surface area contributed by atoms with E-state index in [1.807, 2.05) is 27.7 Å². The van der Waals surface area contributed by atoms with E-state index < -0.39 is 0 Å². The van der Waals surface area contributed by atoms with Crippen LogP contribution < -0.4 is 0 Å². The van der Waals surface area contributed by atoms with E-state index in [0.717, 1.165) is 37.0 Å². The molecule has 1 aromatic carbocycles. The van der Waals surface area contributed by atoms with Gasteiger partial charge in [-0.15, -0.1) is 0 Å². The Labute approximate surface area is 153 Å². The first-order valence-electron chi connectivity index (χ1n) is 9.71. The fraction of sp³-hybridized carbons (Fsp3) is 0.600. The molecule has 1 aromatic heterocycles. The van der Waals surface area contributed by atoms with E-state index in [0.29, 0.717) is 24.6 Å². The minimum absolute atomic E-state index is 0.0721. The van der Waals surface area contributed by atoms with Crippen molar-refractivity contribution < 1.29 is 14.6 Å². The lowest BCUT2D eigenvalue weighted by Gasteiger charge is -2.33. The van der Waals surface area contributed by atoms with Crippen molar-refractivity contribution in [2.45, 2.75) is 44.8 Å². The first-order valence-corrected chi connectivity index (χ1v) is 9.71. The van der Waals surface area contributed by atoms with Crippen LogP contribution in [0.15, 0.2) is 24.5 Å². The minimum atomic E-state index is 0.0721. The summed E-state index contributed by atoms with van der Waals surface area (Å²) < 4.78 is 7.67. The van der Waals surface area contributed by atoms with Crippen molar-refractivity contribution in [1.29, 1.82) is 0 Å². The smallest absolute Gasteiger partial charge is 0.254 e. The van der Waals surface area contributed by atoms with Gasteiger partial charge in [0.2, 0.25) is 0 Å². The van der Waals surface area contributed by atoms with Gasteiger partial charge in [0.1, 0.15) is 0 Å². The zero-order valence-electron chi connectivity index (χ0n) is 15.1. The summed E-state index contributed by atoms with van der Waals surface area (Å²) in [6.07, 6.45) is 7.74. The van der Waals surface area contributed by atoms with Crippen molar-refractivity contribution in [3.63, 3.8) is 0 Å². The number of nitrogens with zero attached hydrogens (tertiary/aromatic N) is 3. The second-order valence-corrected chi connectivity index (χ2v) is 7.51.